The second-order valence-corrected chi connectivity index (χ2v) is 5.55. The van der Waals surface area contributed by atoms with E-state index in [1.54, 1.807) is 51.7 Å². The molecule has 2 aromatic carbocycles. The summed E-state index contributed by atoms with van der Waals surface area (Å²) in [5.74, 6) is 1.55. The van der Waals surface area contributed by atoms with Gasteiger partial charge in [0.15, 0.2) is 0 Å². The first-order valence-electron chi connectivity index (χ1n) is 7.57. The van der Waals surface area contributed by atoms with Crippen molar-refractivity contribution in [2.45, 2.75) is 6.54 Å². The summed E-state index contributed by atoms with van der Waals surface area (Å²) in [6, 6.07) is 10.7. The molecule has 0 aliphatic carbocycles. The first-order valence-corrected chi connectivity index (χ1v) is 7.95. The van der Waals surface area contributed by atoms with E-state index in [1.807, 2.05) is 12.1 Å². The average molecular weight is 362 g/mol. The molecule has 2 rings (SSSR count). The Bertz CT molecular complexity index is 732. The molecule has 0 radical (unpaired) electrons. The monoisotopic (exact) mass is 361 g/mol. The quantitative estimate of drug-likeness (QED) is 0.764. The molecule has 1 N–H and O–H groups in total. The summed E-state index contributed by atoms with van der Waals surface area (Å²) in [6.07, 6.45) is 3.18. The van der Waals surface area contributed by atoms with Crippen molar-refractivity contribution in [3.05, 3.63) is 58.6 Å². The zero-order valence-electron chi connectivity index (χ0n) is 14.3. The van der Waals surface area contributed by atoms with Crippen LogP contribution < -0.4 is 19.5 Å². The second-order valence-electron chi connectivity index (χ2n) is 5.11. The van der Waals surface area contributed by atoms with Gasteiger partial charge in [0.2, 0.25) is 5.91 Å². The predicted octanol–water partition coefficient (Wildman–Crippen LogP) is 3.70. The van der Waals surface area contributed by atoms with Crippen LogP contribution in [0.2, 0.25) is 5.02 Å². The van der Waals surface area contributed by atoms with Crippen molar-refractivity contribution in [3.63, 3.8) is 0 Å². The molecule has 0 unspecified atom stereocenters. The van der Waals surface area contributed by atoms with Gasteiger partial charge in [0.25, 0.3) is 0 Å². The summed E-state index contributed by atoms with van der Waals surface area (Å²) >= 11 is 5.83. The number of hydrogen-bond acceptors (Lipinski definition) is 4. The molecular formula is C19H20ClNO4. The summed E-state index contributed by atoms with van der Waals surface area (Å²) in [5, 5.41) is 3.47. The summed E-state index contributed by atoms with van der Waals surface area (Å²) in [4.78, 5) is 12.0. The maximum atomic E-state index is 12.0. The lowest BCUT2D eigenvalue weighted by molar-refractivity contribution is -0.116. The van der Waals surface area contributed by atoms with E-state index >= 15 is 0 Å². The topological polar surface area (TPSA) is 56.8 Å². The van der Waals surface area contributed by atoms with E-state index in [0.717, 1.165) is 11.1 Å². The van der Waals surface area contributed by atoms with Crippen molar-refractivity contribution < 1.29 is 19.0 Å². The fraction of sp³-hybridized carbons (Fsp3) is 0.211. The van der Waals surface area contributed by atoms with Gasteiger partial charge in [-0.1, -0.05) is 23.7 Å². The molecular weight excluding hydrogens is 342 g/mol. The summed E-state index contributed by atoms with van der Waals surface area (Å²) in [7, 11) is 4.68. The maximum Gasteiger partial charge on any atom is 0.244 e. The molecule has 0 heterocycles. The molecule has 0 spiro atoms. The normalized spacial score (nSPS) is 10.6. The molecule has 0 aliphatic heterocycles. The molecule has 0 saturated carbocycles. The van der Waals surface area contributed by atoms with Gasteiger partial charge in [0.1, 0.15) is 17.2 Å². The minimum Gasteiger partial charge on any atom is -0.496 e. The highest BCUT2D eigenvalue weighted by molar-refractivity contribution is 6.30. The van der Waals surface area contributed by atoms with E-state index in [2.05, 4.69) is 5.32 Å². The van der Waals surface area contributed by atoms with Crippen LogP contribution in [0, 0.1) is 0 Å². The van der Waals surface area contributed by atoms with Crippen molar-refractivity contribution >= 4 is 23.6 Å². The fourth-order valence-corrected chi connectivity index (χ4v) is 2.36. The Balaban J connectivity index is 2.07. The van der Waals surface area contributed by atoms with Crippen LogP contribution in [0.4, 0.5) is 0 Å². The average Bonchev–Trinajstić information content (AvgIpc) is 2.65. The highest BCUT2D eigenvalue weighted by Crippen LogP contribution is 2.33. The Morgan fingerprint density at radius 1 is 1.04 bits per heavy atom. The molecule has 0 fully saturated rings. The molecule has 25 heavy (non-hydrogen) atoms. The van der Waals surface area contributed by atoms with Gasteiger partial charge >= 0.3 is 0 Å². The molecule has 132 valence electrons. The van der Waals surface area contributed by atoms with Crippen LogP contribution in [0.25, 0.3) is 6.08 Å². The fourth-order valence-electron chi connectivity index (χ4n) is 2.23. The van der Waals surface area contributed by atoms with Crippen LogP contribution in [0.3, 0.4) is 0 Å². The second kappa shape index (κ2) is 8.99. The smallest absolute Gasteiger partial charge is 0.244 e. The molecule has 0 aliphatic rings. The number of carbonyl (C=O) groups is 1. The number of ether oxygens (including phenoxy) is 3. The van der Waals surface area contributed by atoms with Crippen LogP contribution in [0.1, 0.15) is 11.1 Å². The zero-order valence-corrected chi connectivity index (χ0v) is 15.1. The third kappa shape index (κ3) is 5.16. The van der Waals surface area contributed by atoms with E-state index in [-0.39, 0.29) is 12.5 Å². The first kappa shape index (κ1) is 18.7. The van der Waals surface area contributed by atoms with Gasteiger partial charge in [-0.15, -0.1) is 0 Å². The van der Waals surface area contributed by atoms with Crippen molar-refractivity contribution in [1.29, 1.82) is 0 Å². The van der Waals surface area contributed by atoms with Crippen LogP contribution >= 0.6 is 11.6 Å². The molecule has 1 amide bonds. The highest BCUT2D eigenvalue weighted by Gasteiger charge is 2.13. The lowest BCUT2D eigenvalue weighted by Crippen LogP contribution is -2.21. The van der Waals surface area contributed by atoms with E-state index in [9.17, 15) is 4.79 Å². The third-order valence-electron chi connectivity index (χ3n) is 3.55. The molecule has 0 atom stereocenters. The zero-order chi connectivity index (χ0) is 18.2. The molecule has 5 nitrogen and oxygen atoms in total. The predicted molar refractivity (Wildman–Crippen MR) is 98.4 cm³/mol. The number of nitrogens with one attached hydrogen (secondary N) is 1. The van der Waals surface area contributed by atoms with Gasteiger partial charge in [0.05, 0.1) is 33.4 Å². The first-order chi connectivity index (χ1) is 12.1. The van der Waals surface area contributed by atoms with Crippen LogP contribution in [-0.2, 0) is 11.3 Å². The number of benzene rings is 2. The molecule has 0 bridgehead atoms. The lowest BCUT2D eigenvalue weighted by atomic mass is 10.1. The minimum atomic E-state index is -0.227. The van der Waals surface area contributed by atoms with E-state index in [0.29, 0.717) is 22.3 Å². The van der Waals surface area contributed by atoms with Crippen LogP contribution in [-0.4, -0.2) is 27.2 Å². The van der Waals surface area contributed by atoms with Gasteiger partial charge < -0.3 is 19.5 Å². The molecule has 0 saturated heterocycles. The Morgan fingerprint density at radius 2 is 1.64 bits per heavy atom. The standard InChI is InChI=1S/C19H20ClNO4/c1-23-15-10-17(24-2)16(18(11-15)25-3)12-21-19(22)9-6-13-4-7-14(20)8-5-13/h4-11H,12H2,1-3H3,(H,21,22). The molecule has 2 aromatic rings. The van der Waals surface area contributed by atoms with Crippen LogP contribution in [0.5, 0.6) is 17.2 Å². The van der Waals surface area contributed by atoms with Crippen molar-refractivity contribution in [1.82, 2.24) is 5.32 Å². The van der Waals surface area contributed by atoms with Gasteiger partial charge in [0, 0.05) is 23.2 Å². The number of amides is 1. The highest BCUT2D eigenvalue weighted by atomic mass is 35.5. The Morgan fingerprint density at radius 3 is 2.16 bits per heavy atom. The van der Waals surface area contributed by atoms with Crippen LogP contribution in [0.15, 0.2) is 42.5 Å². The van der Waals surface area contributed by atoms with Crippen molar-refractivity contribution in [2.75, 3.05) is 21.3 Å². The lowest BCUT2D eigenvalue weighted by Gasteiger charge is -2.15. The van der Waals surface area contributed by atoms with Gasteiger partial charge in [-0.25, -0.2) is 0 Å². The van der Waals surface area contributed by atoms with Crippen molar-refractivity contribution in [2.24, 2.45) is 0 Å². The number of methoxy groups -OCH3 is 3. The summed E-state index contributed by atoms with van der Waals surface area (Å²) in [5.41, 5.74) is 1.62. The van der Waals surface area contributed by atoms with Gasteiger partial charge in [-0.2, -0.15) is 0 Å². The number of halogens is 1. The summed E-state index contributed by atoms with van der Waals surface area (Å²) in [6.45, 7) is 0.264. The van der Waals surface area contributed by atoms with E-state index in [4.69, 9.17) is 25.8 Å². The Labute approximate surface area is 152 Å². The SMILES string of the molecule is COc1cc(OC)c(CNC(=O)C=Cc2ccc(Cl)cc2)c(OC)c1. The third-order valence-corrected chi connectivity index (χ3v) is 3.81. The van der Waals surface area contributed by atoms with E-state index < -0.39 is 0 Å². The molecule has 6 heteroatoms. The Hall–Kier alpha value is -2.66. The minimum absolute atomic E-state index is 0.227. The summed E-state index contributed by atoms with van der Waals surface area (Å²) < 4.78 is 15.9. The number of carbonyl (C=O) groups excluding carboxylic acids is 1. The largest absolute Gasteiger partial charge is 0.496 e. The molecule has 0 aromatic heterocycles. The Kier molecular flexibility index (Phi) is 6.71. The number of hydrogen-bond donors (Lipinski definition) is 1. The van der Waals surface area contributed by atoms with Crippen molar-refractivity contribution in [3.8, 4) is 17.2 Å². The van der Waals surface area contributed by atoms with E-state index in [1.165, 1.54) is 6.08 Å². The maximum absolute atomic E-state index is 12.0. The number of rotatable bonds is 7. The van der Waals surface area contributed by atoms with Gasteiger partial charge in [-0.3, -0.25) is 4.79 Å². The van der Waals surface area contributed by atoms with Gasteiger partial charge in [-0.05, 0) is 23.8 Å².